The van der Waals surface area contributed by atoms with Gasteiger partial charge in [-0.2, -0.15) is 0 Å². The van der Waals surface area contributed by atoms with Crippen LogP contribution in [0.3, 0.4) is 0 Å². The normalized spacial score (nSPS) is 11.7. The van der Waals surface area contributed by atoms with Crippen molar-refractivity contribution in [1.82, 2.24) is 0 Å². The van der Waals surface area contributed by atoms with Crippen LogP contribution in [0.25, 0.3) is 0 Å². The fourth-order valence-electron chi connectivity index (χ4n) is 1.24. The number of ether oxygens (including phenoxy) is 1. The monoisotopic (exact) mass is 267 g/mol. The number of para-hydroxylation sites is 1. The molecule has 98 valence electrons. The highest BCUT2D eigenvalue weighted by atomic mass is 32.2. The zero-order valence-electron chi connectivity index (χ0n) is 10.5. The Morgan fingerprint density at radius 2 is 2.00 bits per heavy atom. The van der Waals surface area contributed by atoms with Crippen LogP contribution in [0.4, 0.5) is 5.69 Å². The highest BCUT2D eigenvalue weighted by Crippen LogP contribution is 2.14. The number of rotatable bonds is 6. The number of benzene rings is 1. The van der Waals surface area contributed by atoms with Crippen molar-refractivity contribution >= 4 is 29.3 Å². The van der Waals surface area contributed by atoms with Crippen LogP contribution in [-0.4, -0.2) is 29.5 Å². The third-order valence-electron chi connectivity index (χ3n) is 2.17. The summed E-state index contributed by atoms with van der Waals surface area (Å²) in [5.41, 5.74) is 0.756. The van der Waals surface area contributed by atoms with Crippen LogP contribution in [-0.2, 0) is 14.3 Å². The molecule has 0 aliphatic carbocycles. The van der Waals surface area contributed by atoms with Gasteiger partial charge in [0.1, 0.15) is 0 Å². The van der Waals surface area contributed by atoms with Gasteiger partial charge in [0.15, 0.2) is 0 Å². The summed E-state index contributed by atoms with van der Waals surface area (Å²) < 4.78 is 4.80. The van der Waals surface area contributed by atoms with Crippen molar-refractivity contribution < 1.29 is 14.3 Å². The fraction of sp³-hybridized carbons (Fsp3) is 0.385. The van der Waals surface area contributed by atoms with Crippen LogP contribution in [0.15, 0.2) is 30.3 Å². The molecule has 1 atom stereocenters. The molecule has 0 heterocycles. The lowest BCUT2D eigenvalue weighted by molar-refractivity contribution is -0.139. The van der Waals surface area contributed by atoms with E-state index in [-0.39, 0.29) is 22.9 Å². The molecule has 0 spiro atoms. The molecular formula is C13H17NO3S. The maximum atomic E-state index is 11.8. The van der Waals surface area contributed by atoms with Crippen molar-refractivity contribution in [1.29, 1.82) is 0 Å². The van der Waals surface area contributed by atoms with E-state index in [2.05, 4.69) is 5.32 Å². The minimum absolute atomic E-state index is 0.115. The van der Waals surface area contributed by atoms with Gasteiger partial charge >= 0.3 is 5.97 Å². The second-order valence-corrected chi connectivity index (χ2v) is 4.94. The number of hydrogen-bond donors (Lipinski definition) is 1. The first-order chi connectivity index (χ1) is 8.63. The summed E-state index contributed by atoms with van der Waals surface area (Å²) in [5, 5.41) is 2.49. The zero-order chi connectivity index (χ0) is 13.4. The van der Waals surface area contributed by atoms with Crippen LogP contribution < -0.4 is 5.32 Å². The average Bonchev–Trinajstić information content (AvgIpc) is 2.37. The number of nitrogens with one attached hydrogen (secondary N) is 1. The molecule has 1 rings (SSSR count). The Morgan fingerprint density at radius 3 is 2.61 bits per heavy atom. The van der Waals surface area contributed by atoms with Gasteiger partial charge in [0.2, 0.25) is 5.91 Å². The average molecular weight is 267 g/mol. The molecule has 1 aromatic rings. The van der Waals surface area contributed by atoms with E-state index in [0.717, 1.165) is 5.69 Å². The first-order valence-corrected chi connectivity index (χ1v) is 6.81. The van der Waals surface area contributed by atoms with Crippen molar-refractivity contribution in [2.45, 2.75) is 19.1 Å². The summed E-state index contributed by atoms with van der Waals surface area (Å²) in [6.45, 7) is 3.89. The molecule has 0 radical (unpaired) electrons. The highest BCUT2D eigenvalue weighted by Gasteiger charge is 2.15. The van der Waals surface area contributed by atoms with Gasteiger partial charge in [-0.05, 0) is 26.0 Å². The second kappa shape index (κ2) is 7.76. The van der Waals surface area contributed by atoms with Gasteiger partial charge < -0.3 is 10.1 Å². The van der Waals surface area contributed by atoms with E-state index in [1.807, 2.05) is 30.3 Å². The predicted octanol–water partition coefficient (Wildman–Crippen LogP) is 2.31. The summed E-state index contributed by atoms with van der Waals surface area (Å²) in [6.07, 6.45) is 0. The van der Waals surface area contributed by atoms with Crippen LogP contribution in [0.5, 0.6) is 0 Å². The molecule has 18 heavy (non-hydrogen) atoms. The number of amides is 1. The van der Waals surface area contributed by atoms with Crippen molar-refractivity contribution in [3.8, 4) is 0 Å². The lowest BCUT2D eigenvalue weighted by atomic mass is 10.3. The summed E-state index contributed by atoms with van der Waals surface area (Å²) in [5.74, 6) is -0.214. The molecule has 5 heteroatoms. The molecule has 0 aromatic heterocycles. The molecule has 1 amide bonds. The number of anilines is 1. The molecule has 0 aliphatic heterocycles. The maximum absolute atomic E-state index is 11.8. The van der Waals surface area contributed by atoms with Crippen molar-refractivity contribution in [3.63, 3.8) is 0 Å². The smallest absolute Gasteiger partial charge is 0.315 e. The molecule has 1 unspecified atom stereocenters. The number of esters is 1. The van der Waals surface area contributed by atoms with E-state index in [0.29, 0.717) is 6.61 Å². The van der Waals surface area contributed by atoms with Crippen LogP contribution in [0.1, 0.15) is 13.8 Å². The number of hydrogen-bond acceptors (Lipinski definition) is 4. The Kier molecular flexibility index (Phi) is 6.28. The van der Waals surface area contributed by atoms with Gasteiger partial charge in [0.05, 0.1) is 17.6 Å². The summed E-state index contributed by atoms with van der Waals surface area (Å²) in [7, 11) is 0. The largest absolute Gasteiger partial charge is 0.465 e. The van der Waals surface area contributed by atoms with Gasteiger partial charge in [-0.3, -0.25) is 9.59 Å². The minimum Gasteiger partial charge on any atom is -0.465 e. The van der Waals surface area contributed by atoms with E-state index < -0.39 is 0 Å². The summed E-state index contributed by atoms with van der Waals surface area (Å²) in [4.78, 5) is 23.0. The van der Waals surface area contributed by atoms with Gasteiger partial charge in [-0.15, -0.1) is 11.8 Å². The van der Waals surface area contributed by atoms with E-state index in [1.54, 1.807) is 13.8 Å². The summed E-state index contributed by atoms with van der Waals surface area (Å²) >= 11 is 1.27. The van der Waals surface area contributed by atoms with Crippen molar-refractivity contribution in [2.24, 2.45) is 0 Å². The Bertz CT molecular complexity index is 394. The third kappa shape index (κ3) is 5.23. The molecule has 1 N–H and O–H groups in total. The molecule has 0 bridgehead atoms. The van der Waals surface area contributed by atoms with Gasteiger partial charge in [-0.25, -0.2) is 0 Å². The molecule has 4 nitrogen and oxygen atoms in total. The minimum atomic E-state index is -0.297. The lowest BCUT2D eigenvalue weighted by Gasteiger charge is -2.11. The predicted molar refractivity (Wildman–Crippen MR) is 73.6 cm³/mol. The standard InChI is InChI=1S/C13H17NO3S/c1-3-17-12(15)9-18-10(2)13(16)14-11-7-5-4-6-8-11/h4-8,10H,3,9H2,1-2H3,(H,14,16). The Labute approximate surface area is 111 Å². The van der Waals surface area contributed by atoms with Crippen LogP contribution >= 0.6 is 11.8 Å². The maximum Gasteiger partial charge on any atom is 0.315 e. The van der Waals surface area contributed by atoms with E-state index in [4.69, 9.17) is 4.74 Å². The Hall–Kier alpha value is -1.49. The van der Waals surface area contributed by atoms with Crippen molar-refractivity contribution in [3.05, 3.63) is 30.3 Å². The summed E-state index contributed by atoms with van der Waals surface area (Å²) in [6, 6.07) is 9.23. The van der Waals surface area contributed by atoms with E-state index >= 15 is 0 Å². The van der Waals surface area contributed by atoms with Gasteiger partial charge in [0, 0.05) is 5.69 Å². The van der Waals surface area contributed by atoms with Gasteiger partial charge in [0.25, 0.3) is 0 Å². The van der Waals surface area contributed by atoms with E-state index in [1.165, 1.54) is 11.8 Å². The van der Waals surface area contributed by atoms with Crippen molar-refractivity contribution in [2.75, 3.05) is 17.7 Å². The molecule has 1 aromatic carbocycles. The Morgan fingerprint density at radius 1 is 1.33 bits per heavy atom. The number of carbonyl (C=O) groups excluding carboxylic acids is 2. The first kappa shape index (κ1) is 14.6. The second-order valence-electron chi connectivity index (χ2n) is 3.61. The molecule has 0 fully saturated rings. The molecule has 0 aliphatic rings. The highest BCUT2D eigenvalue weighted by molar-refractivity contribution is 8.01. The van der Waals surface area contributed by atoms with Crippen LogP contribution in [0, 0.1) is 0 Å². The fourth-order valence-corrected chi connectivity index (χ4v) is 1.92. The quantitative estimate of drug-likeness (QED) is 0.804. The molecular weight excluding hydrogens is 250 g/mol. The van der Waals surface area contributed by atoms with Gasteiger partial charge in [-0.1, -0.05) is 18.2 Å². The van der Waals surface area contributed by atoms with Crippen LogP contribution in [0.2, 0.25) is 0 Å². The molecule has 0 saturated heterocycles. The first-order valence-electron chi connectivity index (χ1n) is 5.76. The number of thioether (sulfide) groups is 1. The van der Waals surface area contributed by atoms with E-state index in [9.17, 15) is 9.59 Å². The third-order valence-corrected chi connectivity index (χ3v) is 3.28. The lowest BCUT2D eigenvalue weighted by Crippen LogP contribution is -2.24. The Balaban J connectivity index is 2.35. The molecule has 0 saturated carbocycles. The zero-order valence-corrected chi connectivity index (χ0v) is 11.3. The topological polar surface area (TPSA) is 55.4 Å². The number of carbonyl (C=O) groups is 2. The SMILES string of the molecule is CCOC(=O)CSC(C)C(=O)Nc1ccccc1.